The van der Waals surface area contributed by atoms with Crippen LogP contribution in [0.15, 0.2) is 55.1 Å². The Hall–Kier alpha value is -2.95. The Morgan fingerprint density at radius 2 is 1.72 bits per heavy atom. The molecule has 2 rings (SSSR count). The molecule has 25 heavy (non-hydrogen) atoms. The van der Waals surface area contributed by atoms with Gasteiger partial charge >= 0.3 is 0 Å². The molecule has 0 saturated carbocycles. The molecule has 132 valence electrons. The van der Waals surface area contributed by atoms with Gasteiger partial charge < -0.3 is 9.64 Å². The largest absolute Gasteiger partial charge is 0.497 e. The molecule has 1 amide bonds. The summed E-state index contributed by atoms with van der Waals surface area (Å²) in [6.07, 6.45) is 0. The zero-order chi connectivity index (χ0) is 18.2. The second-order valence-corrected chi connectivity index (χ2v) is 5.51. The van der Waals surface area contributed by atoms with Crippen molar-refractivity contribution in [1.29, 1.82) is 0 Å². The maximum atomic E-state index is 12.3. The number of ether oxygens (including phenoxy) is 1. The Bertz CT molecular complexity index is 722. The van der Waals surface area contributed by atoms with E-state index in [1.54, 1.807) is 7.11 Å². The van der Waals surface area contributed by atoms with Crippen LogP contribution in [0.3, 0.4) is 0 Å². The highest BCUT2D eigenvalue weighted by molar-refractivity contribution is 5.94. The average molecular weight is 339 g/mol. The third kappa shape index (κ3) is 4.76. The number of amides is 1. The van der Waals surface area contributed by atoms with Crippen molar-refractivity contribution in [2.24, 2.45) is 0 Å². The number of anilines is 1. The molecule has 2 aromatic carbocycles. The van der Waals surface area contributed by atoms with Crippen LogP contribution in [-0.2, 0) is 0 Å². The summed E-state index contributed by atoms with van der Waals surface area (Å²) in [7, 11) is 1.61. The van der Waals surface area contributed by atoms with Gasteiger partial charge in [-0.25, -0.2) is 0 Å². The van der Waals surface area contributed by atoms with Crippen molar-refractivity contribution in [2.45, 2.75) is 13.8 Å². The van der Waals surface area contributed by atoms with Crippen molar-refractivity contribution in [3.05, 3.63) is 66.2 Å². The lowest BCUT2D eigenvalue weighted by Crippen LogP contribution is -2.35. The number of nitrogens with zero attached hydrogens (tertiary/aromatic N) is 1. The molecule has 0 radical (unpaired) electrons. The van der Waals surface area contributed by atoms with Gasteiger partial charge in [-0.15, -0.1) is 0 Å². The number of methoxy groups -OCH3 is 1. The summed E-state index contributed by atoms with van der Waals surface area (Å²) >= 11 is 0. The first-order valence-electron chi connectivity index (χ1n) is 8.33. The third-order valence-corrected chi connectivity index (χ3v) is 4.00. The topological polar surface area (TPSA) is 53.6 Å². The first-order valence-corrected chi connectivity index (χ1v) is 8.33. The van der Waals surface area contributed by atoms with Crippen molar-refractivity contribution in [3.8, 4) is 5.75 Å². The summed E-state index contributed by atoms with van der Waals surface area (Å²) in [6, 6.07) is 15.0. The fraction of sp³-hybridized carbons (Fsp3) is 0.250. The second kappa shape index (κ2) is 8.78. The number of hydrogen-bond donors (Lipinski definition) is 2. The van der Waals surface area contributed by atoms with Crippen LogP contribution >= 0.6 is 0 Å². The lowest BCUT2D eigenvalue weighted by atomic mass is 10.1. The van der Waals surface area contributed by atoms with E-state index in [0.29, 0.717) is 11.3 Å². The van der Waals surface area contributed by atoms with Gasteiger partial charge in [-0.1, -0.05) is 18.7 Å². The van der Waals surface area contributed by atoms with Crippen LogP contribution in [0.1, 0.15) is 29.8 Å². The van der Waals surface area contributed by atoms with E-state index in [1.807, 2.05) is 48.5 Å². The Morgan fingerprint density at radius 3 is 2.32 bits per heavy atom. The summed E-state index contributed by atoms with van der Waals surface area (Å²) < 4.78 is 5.19. The van der Waals surface area contributed by atoms with E-state index in [1.165, 1.54) is 0 Å². The van der Waals surface area contributed by atoms with Gasteiger partial charge in [-0.05, 0) is 50.2 Å². The van der Waals surface area contributed by atoms with E-state index in [2.05, 4.69) is 36.2 Å². The fourth-order valence-corrected chi connectivity index (χ4v) is 2.50. The standard InChI is InChI=1S/C20H25N3O2/c1-5-23(6-2)18-12-10-16(11-13-18)20(24)22-21-15(3)17-8-7-9-19(14-17)25-4/h7-14,21H,3,5-6H2,1-2,4H3,(H,22,24). The molecule has 0 aliphatic carbocycles. The number of rotatable bonds is 8. The smallest absolute Gasteiger partial charge is 0.269 e. The van der Waals surface area contributed by atoms with Crippen LogP contribution in [0.5, 0.6) is 5.75 Å². The van der Waals surface area contributed by atoms with E-state index >= 15 is 0 Å². The lowest BCUT2D eigenvalue weighted by Gasteiger charge is -2.21. The number of nitrogens with one attached hydrogen (secondary N) is 2. The molecule has 0 unspecified atom stereocenters. The molecular weight excluding hydrogens is 314 g/mol. The summed E-state index contributed by atoms with van der Waals surface area (Å²) in [5.41, 5.74) is 8.64. The quantitative estimate of drug-likeness (QED) is 0.723. The van der Waals surface area contributed by atoms with Gasteiger partial charge in [0.1, 0.15) is 5.75 Å². The molecule has 0 spiro atoms. The molecule has 0 aromatic heterocycles. The normalized spacial score (nSPS) is 10.0. The van der Waals surface area contributed by atoms with Crippen molar-refractivity contribution in [2.75, 3.05) is 25.1 Å². The Labute approximate surface area is 149 Å². The van der Waals surface area contributed by atoms with Crippen LogP contribution in [0, 0.1) is 0 Å². The van der Waals surface area contributed by atoms with Crippen molar-refractivity contribution in [3.63, 3.8) is 0 Å². The molecule has 0 aliphatic rings. The molecule has 2 aromatic rings. The highest BCUT2D eigenvalue weighted by Gasteiger charge is 2.08. The van der Waals surface area contributed by atoms with E-state index in [-0.39, 0.29) is 5.91 Å². The van der Waals surface area contributed by atoms with Crippen LogP contribution in [0.25, 0.3) is 5.70 Å². The molecule has 0 aliphatic heterocycles. The van der Waals surface area contributed by atoms with Gasteiger partial charge in [0.25, 0.3) is 5.91 Å². The summed E-state index contributed by atoms with van der Waals surface area (Å²) in [6.45, 7) is 10.0. The van der Waals surface area contributed by atoms with Gasteiger partial charge in [-0.3, -0.25) is 15.6 Å². The summed E-state index contributed by atoms with van der Waals surface area (Å²) in [5.74, 6) is 0.522. The number of carbonyl (C=O) groups is 1. The molecule has 5 nitrogen and oxygen atoms in total. The maximum absolute atomic E-state index is 12.3. The summed E-state index contributed by atoms with van der Waals surface area (Å²) in [5, 5.41) is 0. The molecule has 0 heterocycles. The highest BCUT2D eigenvalue weighted by atomic mass is 16.5. The lowest BCUT2D eigenvalue weighted by molar-refractivity contribution is 0.0942. The Balaban J connectivity index is 1.96. The molecule has 0 saturated heterocycles. The van der Waals surface area contributed by atoms with E-state index in [9.17, 15) is 4.79 Å². The van der Waals surface area contributed by atoms with Gasteiger partial charge in [0.15, 0.2) is 0 Å². The number of hydrazine groups is 1. The van der Waals surface area contributed by atoms with Crippen molar-refractivity contribution < 1.29 is 9.53 Å². The molecule has 5 heteroatoms. The fourth-order valence-electron chi connectivity index (χ4n) is 2.50. The molecule has 0 fully saturated rings. The van der Waals surface area contributed by atoms with E-state index in [4.69, 9.17) is 4.74 Å². The van der Waals surface area contributed by atoms with Gasteiger partial charge in [0, 0.05) is 29.9 Å². The Kier molecular flexibility index (Phi) is 6.46. The SMILES string of the molecule is C=C(NNC(=O)c1ccc(N(CC)CC)cc1)c1cccc(OC)c1. The number of carbonyl (C=O) groups excluding carboxylic acids is 1. The van der Waals surface area contributed by atoms with Crippen molar-refractivity contribution in [1.82, 2.24) is 10.9 Å². The van der Waals surface area contributed by atoms with Crippen LogP contribution in [-0.4, -0.2) is 26.1 Å². The monoisotopic (exact) mass is 339 g/mol. The molecular formula is C20H25N3O2. The number of hydrogen-bond acceptors (Lipinski definition) is 4. The van der Waals surface area contributed by atoms with Gasteiger partial charge in [0.2, 0.25) is 0 Å². The second-order valence-electron chi connectivity index (χ2n) is 5.51. The third-order valence-electron chi connectivity index (χ3n) is 4.00. The van der Waals surface area contributed by atoms with E-state index < -0.39 is 0 Å². The van der Waals surface area contributed by atoms with Gasteiger partial charge in [-0.2, -0.15) is 0 Å². The first kappa shape index (κ1) is 18.4. The zero-order valence-corrected chi connectivity index (χ0v) is 15.0. The predicted octanol–water partition coefficient (Wildman–Crippen LogP) is 3.45. The minimum Gasteiger partial charge on any atom is -0.497 e. The zero-order valence-electron chi connectivity index (χ0n) is 15.0. The average Bonchev–Trinajstić information content (AvgIpc) is 2.67. The summed E-state index contributed by atoms with van der Waals surface area (Å²) in [4.78, 5) is 14.5. The minimum absolute atomic E-state index is 0.213. The van der Waals surface area contributed by atoms with E-state index in [0.717, 1.165) is 30.1 Å². The van der Waals surface area contributed by atoms with Crippen LogP contribution < -0.4 is 20.5 Å². The molecule has 0 bridgehead atoms. The van der Waals surface area contributed by atoms with Crippen LogP contribution in [0.2, 0.25) is 0 Å². The molecule has 0 atom stereocenters. The van der Waals surface area contributed by atoms with Crippen molar-refractivity contribution >= 4 is 17.3 Å². The maximum Gasteiger partial charge on any atom is 0.269 e. The Morgan fingerprint density at radius 1 is 1.04 bits per heavy atom. The molecule has 2 N–H and O–H groups in total. The minimum atomic E-state index is -0.213. The number of benzene rings is 2. The first-order chi connectivity index (χ1) is 12.1. The highest BCUT2D eigenvalue weighted by Crippen LogP contribution is 2.17. The van der Waals surface area contributed by atoms with Gasteiger partial charge in [0.05, 0.1) is 12.8 Å². The van der Waals surface area contributed by atoms with Crippen LogP contribution in [0.4, 0.5) is 5.69 Å². The predicted molar refractivity (Wildman–Crippen MR) is 103 cm³/mol.